The molecule has 0 aliphatic heterocycles. The number of halogens is 1. The van der Waals surface area contributed by atoms with Crippen molar-refractivity contribution in [3.05, 3.63) is 64.7 Å². The Morgan fingerprint density at radius 3 is 2.32 bits per heavy atom. The van der Waals surface area contributed by atoms with Crippen molar-refractivity contribution in [2.75, 3.05) is 13.1 Å². The lowest BCUT2D eigenvalue weighted by Crippen LogP contribution is -2.31. The van der Waals surface area contributed by atoms with E-state index in [0.29, 0.717) is 18.0 Å². The van der Waals surface area contributed by atoms with E-state index in [0.717, 1.165) is 11.1 Å². The number of nitrogens with one attached hydrogen (secondary N) is 2. The standard InChI is InChI=1S/C21H27ClN2O3S/c1-21(2,3)17-7-9-19(10-8-17)28(26,27)24-14-12-20(25)23-13-11-16-5-4-6-18(22)15-16/h4-10,15,24H,11-14H2,1-3H3,(H,23,25). The van der Waals surface area contributed by atoms with Crippen LogP contribution >= 0.6 is 11.6 Å². The normalized spacial score (nSPS) is 12.0. The van der Waals surface area contributed by atoms with Crippen LogP contribution in [-0.2, 0) is 26.7 Å². The van der Waals surface area contributed by atoms with Gasteiger partial charge >= 0.3 is 0 Å². The lowest BCUT2D eigenvalue weighted by molar-refractivity contribution is -0.120. The predicted molar refractivity (Wildman–Crippen MR) is 113 cm³/mol. The van der Waals surface area contributed by atoms with Crippen molar-refractivity contribution in [3.63, 3.8) is 0 Å². The van der Waals surface area contributed by atoms with Crippen molar-refractivity contribution in [1.82, 2.24) is 10.0 Å². The van der Waals surface area contributed by atoms with E-state index in [9.17, 15) is 13.2 Å². The number of hydrogen-bond donors (Lipinski definition) is 2. The van der Waals surface area contributed by atoms with Crippen molar-refractivity contribution >= 4 is 27.5 Å². The highest BCUT2D eigenvalue weighted by atomic mass is 35.5. The van der Waals surface area contributed by atoms with Gasteiger partial charge in [0.05, 0.1) is 4.90 Å². The summed E-state index contributed by atoms with van der Waals surface area (Å²) >= 11 is 5.93. The van der Waals surface area contributed by atoms with Gasteiger partial charge in [-0.25, -0.2) is 13.1 Å². The molecule has 7 heteroatoms. The van der Waals surface area contributed by atoms with Crippen LogP contribution in [0.15, 0.2) is 53.4 Å². The predicted octanol–water partition coefficient (Wildman–Crippen LogP) is 3.66. The summed E-state index contributed by atoms with van der Waals surface area (Å²) in [4.78, 5) is 12.1. The van der Waals surface area contributed by atoms with Crippen LogP contribution in [0.25, 0.3) is 0 Å². The fraction of sp³-hybridized carbons (Fsp3) is 0.381. The second kappa shape index (κ2) is 9.54. The molecule has 0 aromatic heterocycles. The molecule has 0 unspecified atom stereocenters. The first kappa shape index (κ1) is 22.4. The third-order valence-electron chi connectivity index (χ3n) is 4.30. The zero-order valence-corrected chi connectivity index (χ0v) is 18.0. The highest BCUT2D eigenvalue weighted by Crippen LogP contribution is 2.23. The molecule has 0 heterocycles. The van der Waals surface area contributed by atoms with Crippen LogP contribution in [0, 0.1) is 0 Å². The molecular formula is C21H27ClN2O3S. The second-order valence-corrected chi connectivity index (χ2v) is 9.86. The third-order valence-corrected chi connectivity index (χ3v) is 6.01. The van der Waals surface area contributed by atoms with E-state index >= 15 is 0 Å². The Morgan fingerprint density at radius 1 is 1.04 bits per heavy atom. The Bertz CT molecular complexity index is 904. The van der Waals surface area contributed by atoms with E-state index in [1.54, 1.807) is 18.2 Å². The average Bonchev–Trinajstić information content (AvgIpc) is 2.61. The smallest absolute Gasteiger partial charge is 0.240 e. The number of carbonyl (C=O) groups excluding carboxylic acids is 1. The van der Waals surface area contributed by atoms with E-state index in [1.165, 1.54) is 0 Å². The van der Waals surface area contributed by atoms with E-state index in [4.69, 9.17) is 11.6 Å². The van der Waals surface area contributed by atoms with Gasteiger partial charge in [0, 0.05) is 24.5 Å². The molecule has 1 amide bonds. The average molecular weight is 423 g/mol. The largest absolute Gasteiger partial charge is 0.356 e. The van der Waals surface area contributed by atoms with Gasteiger partial charge in [0.2, 0.25) is 15.9 Å². The van der Waals surface area contributed by atoms with Gasteiger partial charge in [-0.15, -0.1) is 0 Å². The number of carbonyl (C=O) groups is 1. The van der Waals surface area contributed by atoms with Gasteiger partial charge in [0.15, 0.2) is 0 Å². The molecule has 0 aliphatic rings. The molecule has 152 valence electrons. The van der Waals surface area contributed by atoms with Crippen LogP contribution in [-0.4, -0.2) is 27.4 Å². The highest BCUT2D eigenvalue weighted by Gasteiger charge is 2.17. The Balaban J connectivity index is 1.77. The zero-order chi connectivity index (χ0) is 20.8. The maximum absolute atomic E-state index is 12.4. The molecule has 5 nitrogen and oxygen atoms in total. The van der Waals surface area contributed by atoms with Crippen LogP contribution in [0.2, 0.25) is 5.02 Å². The molecular weight excluding hydrogens is 396 g/mol. The maximum Gasteiger partial charge on any atom is 0.240 e. The minimum absolute atomic E-state index is 0.0428. The molecule has 0 atom stereocenters. The number of sulfonamides is 1. The molecule has 0 saturated carbocycles. The quantitative estimate of drug-likeness (QED) is 0.681. The van der Waals surface area contributed by atoms with Crippen molar-refractivity contribution in [3.8, 4) is 0 Å². The lowest BCUT2D eigenvalue weighted by atomic mass is 9.87. The van der Waals surface area contributed by atoms with Gasteiger partial charge in [-0.2, -0.15) is 0 Å². The summed E-state index contributed by atoms with van der Waals surface area (Å²) in [5.41, 5.74) is 2.05. The maximum atomic E-state index is 12.4. The Morgan fingerprint density at radius 2 is 1.71 bits per heavy atom. The van der Waals surface area contributed by atoms with Crippen LogP contribution < -0.4 is 10.0 Å². The Kier molecular flexibility index (Phi) is 7.63. The molecule has 0 spiro atoms. The Hall–Kier alpha value is -1.89. The summed E-state index contributed by atoms with van der Waals surface area (Å²) in [6.07, 6.45) is 0.743. The molecule has 0 radical (unpaired) electrons. The first-order valence-corrected chi connectivity index (χ1v) is 11.1. The molecule has 0 saturated heterocycles. The van der Waals surface area contributed by atoms with Crippen molar-refractivity contribution < 1.29 is 13.2 Å². The summed E-state index contributed by atoms with van der Waals surface area (Å²) in [5, 5.41) is 3.44. The molecule has 28 heavy (non-hydrogen) atoms. The van der Waals surface area contributed by atoms with E-state index < -0.39 is 10.0 Å². The van der Waals surface area contributed by atoms with E-state index in [1.807, 2.05) is 30.3 Å². The summed E-state index contributed by atoms with van der Waals surface area (Å²) in [6, 6.07) is 14.3. The second-order valence-electron chi connectivity index (χ2n) is 7.65. The van der Waals surface area contributed by atoms with Crippen LogP contribution in [0.5, 0.6) is 0 Å². The van der Waals surface area contributed by atoms with Crippen molar-refractivity contribution in [1.29, 1.82) is 0 Å². The van der Waals surface area contributed by atoms with Gasteiger partial charge in [0.1, 0.15) is 0 Å². The minimum atomic E-state index is -3.63. The van der Waals surface area contributed by atoms with Crippen molar-refractivity contribution in [2.45, 2.75) is 43.9 Å². The zero-order valence-electron chi connectivity index (χ0n) is 16.5. The number of hydrogen-bond acceptors (Lipinski definition) is 3. The first-order valence-electron chi connectivity index (χ1n) is 9.19. The SMILES string of the molecule is CC(C)(C)c1ccc(S(=O)(=O)NCCC(=O)NCCc2cccc(Cl)c2)cc1. The Labute approximate surface area is 172 Å². The van der Waals surface area contributed by atoms with E-state index in [-0.39, 0.29) is 29.2 Å². The molecule has 2 aromatic rings. The molecule has 0 bridgehead atoms. The number of benzene rings is 2. The fourth-order valence-corrected chi connectivity index (χ4v) is 3.89. The van der Waals surface area contributed by atoms with Gasteiger partial charge in [-0.05, 0) is 47.2 Å². The minimum Gasteiger partial charge on any atom is -0.356 e. The van der Waals surface area contributed by atoms with E-state index in [2.05, 4.69) is 30.8 Å². The molecule has 2 N–H and O–H groups in total. The highest BCUT2D eigenvalue weighted by molar-refractivity contribution is 7.89. The molecule has 0 fully saturated rings. The number of amides is 1. The van der Waals surface area contributed by atoms with Crippen LogP contribution in [0.4, 0.5) is 0 Å². The van der Waals surface area contributed by atoms with Crippen LogP contribution in [0.1, 0.15) is 38.3 Å². The third kappa shape index (κ3) is 6.93. The first-order chi connectivity index (χ1) is 13.1. The molecule has 2 rings (SSSR count). The lowest BCUT2D eigenvalue weighted by Gasteiger charge is -2.19. The number of rotatable bonds is 8. The van der Waals surface area contributed by atoms with Gasteiger partial charge in [-0.3, -0.25) is 4.79 Å². The molecule has 0 aliphatic carbocycles. The summed E-state index contributed by atoms with van der Waals surface area (Å²) < 4.78 is 27.2. The van der Waals surface area contributed by atoms with Gasteiger partial charge in [0.25, 0.3) is 0 Å². The van der Waals surface area contributed by atoms with Gasteiger partial charge < -0.3 is 5.32 Å². The topological polar surface area (TPSA) is 75.3 Å². The van der Waals surface area contributed by atoms with Gasteiger partial charge in [-0.1, -0.05) is 56.6 Å². The summed E-state index contributed by atoms with van der Waals surface area (Å²) in [5.74, 6) is -0.201. The van der Waals surface area contributed by atoms with Crippen molar-refractivity contribution in [2.24, 2.45) is 0 Å². The van der Waals surface area contributed by atoms with Crippen LogP contribution in [0.3, 0.4) is 0 Å². The fourth-order valence-electron chi connectivity index (χ4n) is 2.64. The summed E-state index contributed by atoms with van der Waals surface area (Å²) in [7, 11) is -3.63. The molecule has 2 aromatic carbocycles. The summed E-state index contributed by atoms with van der Waals surface area (Å²) in [6.45, 7) is 6.73. The monoisotopic (exact) mass is 422 g/mol.